The number of carboxylic acid groups (broad SMARTS) is 2. The summed E-state index contributed by atoms with van der Waals surface area (Å²) >= 11 is 5.99. The zero-order chi connectivity index (χ0) is 16.3. The van der Waals surface area contributed by atoms with Crippen LogP contribution in [0.3, 0.4) is 0 Å². The molecule has 112 valence electrons. The van der Waals surface area contributed by atoms with Crippen LogP contribution < -0.4 is 0 Å². The van der Waals surface area contributed by atoms with Gasteiger partial charge in [0.1, 0.15) is 0 Å². The Morgan fingerprint density at radius 3 is 2.23 bits per heavy atom. The number of carboxylic acids is 2. The first-order valence-corrected chi connectivity index (χ1v) is 6.69. The molecule has 0 radical (unpaired) electrons. The average molecular weight is 318 g/mol. The lowest BCUT2D eigenvalue weighted by atomic mass is 10.0. The molecule has 0 aliphatic rings. The lowest BCUT2D eigenvalue weighted by molar-refractivity contribution is -0.129. The maximum absolute atomic E-state index is 11.5. The predicted molar refractivity (Wildman–Crippen MR) is 83.4 cm³/mol. The van der Waals surface area contributed by atoms with Crippen LogP contribution in [0.4, 0.5) is 5.69 Å². The number of halogens is 1. The maximum atomic E-state index is 11.5. The molecule has 0 spiro atoms. The molecule has 2 aromatic carbocycles. The van der Waals surface area contributed by atoms with Gasteiger partial charge < -0.3 is 10.2 Å². The molecule has 0 amide bonds. The first-order chi connectivity index (χ1) is 10.4. The summed E-state index contributed by atoms with van der Waals surface area (Å²) < 4.78 is 0. The summed E-state index contributed by atoms with van der Waals surface area (Å²) in [6.07, 6.45) is 0. The van der Waals surface area contributed by atoms with Gasteiger partial charge in [0.25, 0.3) is 0 Å². The fourth-order valence-electron chi connectivity index (χ4n) is 1.94. The fraction of sp³-hybridized carbons (Fsp3) is 0.0625. The molecule has 6 heteroatoms. The van der Waals surface area contributed by atoms with Crippen molar-refractivity contribution in [3.05, 3.63) is 64.2 Å². The van der Waals surface area contributed by atoms with Crippen LogP contribution in [0.1, 0.15) is 21.5 Å². The molecular weight excluding hydrogens is 306 g/mol. The number of rotatable bonds is 4. The minimum atomic E-state index is -1.31. The third-order valence-corrected chi connectivity index (χ3v) is 3.50. The summed E-state index contributed by atoms with van der Waals surface area (Å²) in [5.74, 6) is -2.53. The van der Waals surface area contributed by atoms with Crippen molar-refractivity contribution in [2.24, 2.45) is 4.99 Å². The number of aromatic carboxylic acids is 1. The average Bonchev–Trinajstić information content (AvgIpc) is 2.48. The highest BCUT2D eigenvalue weighted by Gasteiger charge is 2.20. The van der Waals surface area contributed by atoms with Crippen LogP contribution in [-0.2, 0) is 4.79 Å². The van der Waals surface area contributed by atoms with Crippen molar-refractivity contribution >= 4 is 34.9 Å². The molecule has 0 aliphatic carbocycles. The summed E-state index contributed by atoms with van der Waals surface area (Å²) in [6.45, 7) is 1.71. The Kier molecular flexibility index (Phi) is 4.58. The van der Waals surface area contributed by atoms with Crippen LogP contribution in [0.15, 0.2) is 47.5 Å². The maximum Gasteiger partial charge on any atom is 0.355 e. The second kappa shape index (κ2) is 6.41. The summed E-state index contributed by atoms with van der Waals surface area (Å²) in [7, 11) is 0. The van der Waals surface area contributed by atoms with Crippen LogP contribution >= 0.6 is 11.6 Å². The van der Waals surface area contributed by atoms with E-state index in [0.29, 0.717) is 16.3 Å². The van der Waals surface area contributed by atoms with Gasteiger partial charge in [-0.25, -0.2) is 14.6 Å². The topological polar surface area (TPSA) is 87.0 Å². The molecule has 0 atom stereocenters. The number of aliphatic imine (C=N–C) groups is 1. The smallest absolute Gasteiger partial charge is 0.355 e. The first-order valence-electron chi connectivity index (χ1n) is 6.31. The molecule has 2 rings (SSSR count). The molecule has 0 fully saturated rings. The molecule has 0 aromatic heterocycles. The summed E-state index contributed by atoms with van der Waals surface area (Å²) in [5, 5.41) is 19.0. The number of hydrogen-bond acceptors (Lipinski definition) is 3. The quantitative estimate of drug-likeness (QED) is 0.844. The number of aliphatic carboxylic acids is 1. The molecule has 2 N–H and O–H groups in total. The monoisotopic (exact) mass is 317 g/mol. The Morgan fingerprint density at radius 1 is 1.00 bits per heavy atom. The van der Waals surface area contributed by atoms with Gasteiger partial charge in [0.15, 0.2) is 5.71 Å². The van der Waals surface area contributed by atoms with Crippen molar-refractivity contribution < 1.29 is 19.8 Å². The Labute approximate surface area is 131 Å². The molecule has 0 aliphatic heterocycles. The van der Waals surface area contributed by atoms with Crippen LogP contribution in [0.5, 0.6) is 0 Å². The third-order valence-electron chi connectivity index (χ3n) is 3.09. The molecule has 0 unspecified atom stereocenters. The van der Waals surface area contributed by atoms with Crippen LogP contribution in [0.25, 0.3) is 0 Å². The number of benzene rings is 2. The van der Waals surface area contributed by atoms with Crippen molar-refractivity contribution in [1.29, 1.82) is 0 Å². The fourth-order valence-corrected chi connectivity index (χ4v) is 2.11. The highest BCUT2D eigenvalue weighted by Crippen LogP contribution is 2.26. The van der Waals surface area contributed by atoms with E-state index in [1.54, 1.807) is 31.2 Å². The molecule has 2 aromatic rings. The van der Waals surface area contributed by atoms with E-state index >= 15 is 0 Å². The van der Waals surface area contributed by atoms with Crippen LogP contribution in [0, 0.1) is 6.92 Å². The van der Waals surface area contributed by atoms with E-state index in [2.05, 4.69) is 4.99 Å². The van der Waals surface area contributed by atoms with Gasteiger partial charge in [-0.05, 0) is 30.7 Å². The van der Waals surface area contributed by atoms with Gasteiger partial charge >= 0.3 is 11.9 Å². The molecule has 0 saturated heterocycles. The van der Waals surface area contributed by atoms with Crippen LogP contribution in [-0.4, -0.2) is 27.9 Å². The van der Waals surface area contributed by atoms with Gasteiger partial charge in [-0.2, -0.15) is 0 Å². The zero-order valence-corrected chi connectivity index (χ0v) is 12.3. The molecule has 5 nitrogen and oxygen atoms in total. The van der Waals surface area contributed by atoms with Crippen molar-refractivity contribution in [3.63, 3.8) is 0 Å². The highest BCUT2D eigenvalue weighted by molar-refractivity contribution is 6.44. The second-order valence-corrected chi connectivity index (χ2v) is 4.91. The molecular formula is C16H12ClNO4. The predicted octanol–water partition coefficient (Wildman–Crippen LogP) is 3.55. The normalized spacial score (nSPS) is 11.3. The van der Waals surface area contributed by atoms with E-state index in [-0.39, 0.29) is 16.8 Å². The van der Waals surface area contributed by atoms with Gasteiger partial charge in [0.2, 0.25) is 0 Å². The van der Waals surface area contributed by atoms with E-state index in [4.69, 9.17) is 11.6 Å². The van der Waals surface area contributed by atoms with Crippen LogP contribution in [0.2, 0.25) is 5.02 Å². The largest absolute Gasteiger partial charge is 0.478 e. The molecule has 0 saturated carbocycles. The summed E-state index contributed by atoms with van der Waals surface area (Å²) in [6, 6.07) is 10.8. The van der Waals surface area contributed by atoms with E-state index in [1.165, 1.54) is 18.2 Å². The standard InChI is InChI=1S/C16H12ClNO4/c1-9-12(17)7-4-8-13(9)18-14(16(21)22)10-5-2-3-6-11(10)15(19)20/h2-8H,1H3,(H,19,20)(H,21,22). The lowest BCUT2D eigenvalue weighted by Gasteiger charge is -2.08. The Balaban J connectivity index is 2.67. The van der Waals surface area contributed by atoms with Crippen molar-refractivity contribution in [1.82, 2.24) is 0 Å². The second-order valence-electron chi connectivity index (χ2n) is 4.50. The minimum Gasteiger partial charge on any atom is -0.478 e. The molecule has 22 heavy (non-hydrogen) atoms. The van der Waals surface area contributed by atoms with Gasteiger partial charge in [-0.3, -0.25) is 0 Å². The van der Waals surface area contributed by atoms with E-state index < -0.39 is 11.9 Å². The highest BCUT2D eigenvalue weighted by atomic mass is 35.5. The first kappa shape index (κ1) is 15.7. The Morgan fingerprint density at radius 2 is 1.64 bits per heavy atom. The number of nitrogens with zero attached hydrogens (tertiary/aromatic N) is 1. The number of hydrogen-bond donors (Lipinski definition) is 2. The Bertz CT molecular complexity index is 783. The SMILES string of the molecule is Cc1c(Cl)cccc1N=C(C(=O)O)c1ccccc1C(=O)O. The van der Waals surface area contributed by atoms with Gasteiger partial charge in [-0.1, -0.05) is 35.9 Å². The van der Waals surface area contributed by atoms with Gasteiger partial charge in [0, 0.05) is 10.6 Å². The van der Waals surface area contributed by atoms with Gasteiger partial charge in [0.05, 0.1) is 11.3 Å². The van der Waals surface area contributed by atoms with Crippen molar-refractivity contribution in [2.75, 3.05) is 0 Å². The summed E-state index contributed by atoms with van der Waals surface area (Å²) in [5.41, 5.74) is 0.578. The van der Waals surface area contributed by atoms with Gasteiger partial charge in [-0.15, -0.1) is 0 Å². The molecule has 0 bridgehead atoms. The third kappa shape index (κ3) is 3.15. The summed E-state index contributed by atoms with van der Waals surface area (Å²) in [4.78, 5) is 26.9. The minimum absolute atomic E-state index is 0.0434. The van der Waals surface area contributed by atoms with E-state index in [0.717, 1.165) is 0 Å². The van der Waals surface area contributed by atoms with Crippen molar-refractivity contribution in [3.8, 4) is 0 Å². The zero-order valence-electron chi connectivity index (χ0n) is 11.6. The number of carbonyl (C=O) groups is 2. The van der Waals surface area contributed by atoms with E-state index in [9.17, 15) is 19.8 Å². The Hall–Kier alpha value is -2.66. The van der Waals surface area contributed by atoms with E-state index in [1.807, 2.05) is 0 Å². The lowest BCUT2D eigenvalue weighted by Crippen LogP contribution is -2.18. The van der Waals surface area contributed by atoms with Crippen molar-refractivity contribution in [2.45, 2.75) is 6.92 Å². The molecule has 0 heterocycles.